The van der Waals surface area contributed by atoms with Crippen LogP contribution in [0.25, 0.3) is 11.3 Å². The number of methoxy groups -OCH3 is 1. The molecule has 1 aromatic heterocycles. The number of hydrogen-bond donors (Lipinski definition) is 3. The van der Waals surface area contributed by atoms with E-state index in [1.807, 2.05) is 0 Å². The van der Waals surface area contributed by atoms with E-state index in [-0.39, 0.29) is 52.6 Å². The summed E-state index contributed by atoms with van der Waals surface area (Å²) in [6.07, 6.45) is 3.29. The molecule has 1 amide bonds. The fourth-order valence-corrected chi connectivity index (χ4v) is 5.14. The standard InChI is InChI=1S/C31H31F2N5O4/c1-4-5-26(39)31(13-21(41-3)14-37-31)15-42-28-27(35-16-36-29(28)34)23-11-20(32)12-25(17(23)2)38-30(40)22-9-8-19(10-24(22)33)18-6-7-18/h8-12,16,18,21,37H,6-7,13-15H2,1-3H3,(H,38,40)(H2,34,35,36)/t21-,31+/m1/s1. The van der Waals surface area contributed by atoms with Gasteiger partial charge < -0.3 is 20.5 Å². The Morgan fingerprint density at radius 2 is 2.00 bits per heavy atom. The van der Waals surface area contributed by atoms with E-state index in [4.69, 9.17) is 15.2 Å². The lowest BCUT2D eigenvalue weighted by atomic mass is 9.92. The van der Waals surface area contributed by atoms with E-state index in [2.05, 4.69) is 32.4 Å². The number of halogens is 2. The number of benzene rings is 2. The molecular formula is C31H31F2N5O4. The minimum absolute atomic E-state index is 0.0301. The number of carbonyl (C=O) groups is 2. The van der Waals surface area contributed by atoms with Gasteiger partial charge in [-0.1, -0.05) is 12.0 Å². The first kappa shape index (κ1) is 29.1. The molecule has 1 saturated heterocycles. The van der Waals surface area contributed by atoms with Crippen LogP contribution in [0.3, 0.4) is 0 Å². The zero-order valence-corrected chi connectivity index (χ0v) is 23.5. The lowest BCUT2D eigenvalue weighted by Gasteiger charge is -2.26. The van der Waals surface area contributed by atoms with Gasteiger partial charge in [0.15, 0.2) is 11.6 Å². The van der Waals surface area contributed by atoms with Crippen LogP contribution in [-0.4, -0.2) is 53.6 Å². The third kappa shape index (κ3) is 5.82. The van der Waals surface area contributed by atoms with Crippen LogP contribution in [0.5, 0.6) is 5.75 Å². The Morgan fingerprint density at radius 3 is 2.67 bits per heavy atom. The van der Waals surface area contributed by atoms with E-state index in [9.17, 15) is 18.4 Å². The molecule has 2 heterocycles. The van der Waals surface area contributed by atoms with Crippen molar-refractivity contribution in [1.82, 2.24) is 15.3 Å². The molecule has 1 aliphatic carbocycles. The zero-order chi connectivity index (χ0) is 30.0. The number of rotatable bonds is 9. The van der Waals surface area contributed by atoms with Gasteiger partial charge in [-0.05, 0) is 73.9 Å². The lowest BCUT2D eigenvalue weighted by Crippen LogP contribution is -2.52. The van der Waals surface area contributed by atoms with Crippen molar-refractivity contribution in [1.29, 1.82) is 0 Å². The fourth-order valence-electron chi connectivity index (χ4n) is 5.14. The average molecular weight is 576 g/mol. The second-order valence-electron chi connectivity index (χ2n) is 10.5. The van der Waals surface area contributed by atoms with E-state index in [1.54, 1.807) is 27.0 Å². The predicted octanol–water partition coefficient (Wildman–Crippen LogP) is 4.16. The number of anilines is 2. The Balaban J connectivity index is 1.45. The van der Waals surface area contributed by atoms with Gasteiger partial charge in [0.1, 0.15) is 35.8 Å². The molecule has 0 unspecified atom stereocenters. The van der Waals surface area contributed by atoms with Gasteiger partial charge in [-0.25, -0.2) is 18.7 Å². The van der Waals surface area contributed by atoms with Crippen molar-refractivity contribution >= 4 is 23.2 Å². The number of amides is 1. The Labute approximate surface area is 242 Å². The molecule has 11 heteroatoms. The number of carbonyl (C=O) groups excluding carboxylic acids is 2. The van der Waals surface area contributed by atoms with Crippen molar-refractivity contribution in [3.63, 3.8) is 0 Å². The van der Waals surface area contributed by atoms with E-state index < -0.39 is 23.1 Å². The normalized spacial score (nSPS) is 19.6. The van der Waals surface area contributed by atoms with Crippen LogP contribution in [0, 0.1) is 30.4 Å². The Bertz CT molecular complexity index is 1610. The quantitative estimate of drug-likeness (QED) is 0.256. The number of hydrogen-bond acceptors (Lipinski definition) is 8. The zero-order valence-electron chi connectivity index (χ0n) is 23.5. The van der Waals surface area contributed by atoms with Crippen molar-refractivity contribution < 1.29 is 27.8 Å². The van der Waals surface area contributed by atoms with Crippen LogP contribution in [0.2, 0.25) is 0 Å². The predicted molar refractivity (Wildman–Crippen MR) is 153 cm³/mol. The highest BCUT2D eigenvalue weighted by Crippen LogP contribution is 2.41. The van der Waals surface area contributed by atoms with Gasteiger partial charge >= 0.3 is 0 Å². The van der Waals surface area contributed by atoms with Gasteiger partial charge in [0.05, 0.1) is 11.7 Å². The minimum Gasteiger partial charge on any atom is -0.485 e. The number of nitrogens with one attached hydrogen (secondary N) is 2. The third-order valence-electron chi connectivity index (χ3n) is 7.71. The first-order valence-corrected chi connectivity index (χ1v) is 13.6. The number of nitrogens with zero attached hydrogens (tertiary/aromatic N) is 2. The fraction of sp³-hybridized carbons (Fsp3) is 0.355. The van der Waals surface area contributed by atoms with Gasteiger partial charge in [-0.15, -0.1) is 0 Å². The van der Waals surface area contributed by atoms with Gasteiger partial charge in [-0.2, -0.15) is 0 Å². The topological polar surface area (TPSA) is 128 Å². The summed E-state index contributed by atoms with van der Waals surface area (Å²) in [6, 6.07) is 6.92. The molecule has 218 valence electrons. The second-order valence-corrected chi connectivity index (χ2v) is 10.5. The molecule has 42 heavy (non-hydrogen) atoms. The molecule has 9 nitrogen and oxygen atoms in total. The van der Waals surface area contributed by atoms with Gasteiger partial charge in [0.2, 0.25) is 5.78 Å². The molecule has 3 aromatic rings. The Kier molecular flexibility index (Phi) is 8.20. The Morgan fingerprint density at radius 1 is 1.21 bits per heavy atom. The number of ketones is 1. The molecule has 0 radical (unpaired) electrons. The molecule has 1 saturated carbocycles. The smallest absolute Gasteiger partial charge is 0.258 e. The summed E-state index contributed by atoms with van der Waals surface area (Å²) in [5, 5.41) is 5.79. The molecule has 0 spiro atoms. The van der Waals surface area contributed by atoms with Gasteiger partial charge in [-0.3, -0.25) is 14.9 Å². The van der Waals surface area contributed by atoms with Crippen molar-refractivity contribution in [2.45, 2.75) is 50.7 Å². The maximum Gasteiger partial charge on any atom is 0.258 e. The van der Waals surface area contributed by atoms with Crippen LogP contribution in [-0.2, 0) is 9.53 Å². The van der Waals surface area contributed by atoms with Crippen LogP contribution in [0.1, 0.15) is 53.6 Å². The average Bonchev–Trinajstić information content (AvgIpc) is 3.73. The maximum absolute atomic E-state index is 14.9. The Hall–Kier alpha value is -4.40. The second kappa shape index (κ2) is 11.8. The largest absolute Gasteiger partial charge is 0.485 e. The molecule has 2 fully saturated rings. The summed E-state index contributed by atoms with van der Waals surface area (Å²) in [4.78, 5) is 34.3. The first-order chi connectivity index (χ1) is 20.2. The number of nitrogens with two attached hydrogens (primary N) is 1. The summed E-state index contributed by atoms with van der Waals surface area (Å²) < 4.78 is 41.2. The molecule has 1 aliphatic heterocycles. The summed E-state index contributed by atoms with van der Waals surface area (Å²) >= 11 is 0. The number of nitrogen functional groups attached to an aromatic ring is 1. The molecule has 0 bridgehead atoms. The van der Waals surface area contributed by atoms with Crippen LogP contribution >= 0.6 is 0 Å². The SMILES string of the molecule is CC#CC(=O)[C@@]1(COc2c(N)ncnc2-c2cc(F)cc(NC(=O)c3ccc(C4CC4)cc3F)c2C)C[C@@H](OC)CN1. The number of ether oxygens (including phenoxy) is 2. The summed E-state index contributed by atoms with van der Waals surface area (Å²) in [7, 11) is 1.56. The van der Waals surface area contributed by atoms with E-state index in [0.717, 1.165) is 24.5 Å². The maximum atomic E-state index is 14.9. The van der Waals surface area contributed by atoms with Crippen molar-refractivity contribution in [2.24, 2.45) is 0 Å². The lowest BCUT2D eigenvalue weighted by molar-refractivity contribution is -0.120. The summed E-state index contributed by atoms with van der Waals surface area (Å²) in [5.74, 6) is 3.13. The van der Waals surface area contributed by atoms with Gasteiger partial charge in [0.25, 0.3) is 5.91 Å². The summed E-state index contributed by atoms with van der Waals surface area (Å²) in [5.41, 5.74) is 6.69. The highest BCUT2D eigenvalue weighted by molar-refractivity contribution is 6.05. The van der Waals surface area contributed by atoms with E-state index >= 15 is 0 Å². The molecular weight excluding hydrogens is 544 g/mol. The number of aromatic nitrogens is 2. The first-order valence-electron chi connectivity index (χ1n) is 13.6. The van der Waals surface area contributed by atoms with Crippen LogP contribution in [0.15, 0.2) is 36.7 Å². The minimum atomic E-state index is -1.17. The molecule has 4 N–H and O–H groups in total. The molecule has 5 rings (SSSR count). The van der Waals surface area contributed by atoms with Crippen molar-refractivity contribution in [2.75, 3.05) is 31.3 Å². The molecule has 2 atom stereocenters. The molecule has 2 aromatic carbocycles. The number of Topliss-reactive ketones (excluding diaryl/α,β-unsaturated/α-hetero) is 1. The highest BCUT2D eigenvalue weighted by atomic mass is 19.1. The van der Waals surface area contributed by atoms with E-state index in [0.29, 0.717) is 24.4 Å². The van der Waals surface area contributed by atoms with Crippen LogP contribution in [0.4, 0.5) is 20.3 Å². The van der Waals surface area contributed by atoms with E-state index in [1.165, 1.54) is 24.5 Å². The van der Waals surface area contributed by atoms with Crippen LogP contribution < -0.4 is 21.1 Å². The third-order valence-corrected chi connectivity index (χ3v) is 7.71. The van der Waals surface area contributed by atoms with Crippen molar-refractivity contribution in [3.8, 4) is 28.8 Å². The molecule has 2 aliphatic rings. The monoisotopic (exact) mass is 575 g/mol. The van der Waals surface area contributed by atoms with Crippen molar-refractivity contribution in [3.05, 3.63) is 65.0 Å². The highest BCUT2D eigenvalue weighted by Gasteiger charge is 2.46. The van der Waals surface area contributed by atoms with Gasteiger partial charge in [0, 0.05) is 31.3 Å². The summed E-state index contributed by atoms with van der Waals surface area (Å²) in [6.45, 7) is 3.47.